The van der Waals surface area contributed by atoms with Gasteiger partial charge < -0.3 is 4.74 Å². The lowest BCUT2D eigenvalue weighted by Crippen LogP contribution is -2.06. The van der Waals surface area contributed by atoms with E-state index in [0.29, 0.717) is 11.3 Å². The molecule has 6 heteroatoms. The monoisotopic (exact) mass is 359 g/mol. The van der Waals surface area contributed by atoms with Crippen LogP contribution in [0, 0.1) is 0 Å². The maximum atomic E-state index is 5.59. The second kappa shape index (κ2) is 6.16. The molecule has 0 radical (unpaired) electrons. The fourth-order valence-corrected chi connectivity index (χ4v) is 2.38. The van der Waals surface area contributed by atoms with Gasteiger partial charge in [0, 0.05) is 13.0 Å². The second-order valence-corrected chi connectivity index (χ2v) is 4.81. The molecule has 1 aromatic heterocycles. The number of ether oxygens (including phenoxy) is 1. The summed E-state index contributed by atoms with van der Waals surface area (Å²) in [6, 6.07) is 9.78. The summed E-state index contributed by atoms with van der Waals surface area (Å²) in [6.07, 6.45) is 0.878. The van der Waals surface area contributed by atoms with Gasteiger partial charge in [0.2, 0.25) is 4.73 Å². The number of benzene rings is 1. The Bertz CT molecular complexity index is 473. The van der Waals surface area contributed by atoms with E-state index in [1.807, 2.05) is 30.3 Å². The predicted octanol–water partition coefficient (Wildman–Crippen LogP) is 3.27. The molecule has 2 rings (SSSR count). The molecule has 0 amide bonds. The minimum atomic E-state index is 0.591. The number of rotatable bonds is 5. The Labute approximate surface area is 116 Å². The van der Waals surface area contributed by atoms with Gasteiger partial charge in [0.15, 0.2) is 4.73 Å². The molecule has 0 aliphatic heterocycles. The van der Waals surface area contributed by atoms with Gasteiger partial charge in [-0.25, -0.2) is 4.68 Å². The normalized spacial score (nSPS) is 10.5. The highest BCUT2D eigenvalue weighted by Gasteiger charge is 2.04. The Morgan fingerprint density at radius 1 is 1.18 bits per heavy atom. The summed E-state index contributed by atoms with van der Waals surface area (Å²) in [4.78, 5) is 4.09. The Morgan fingerprint density at radius 3 is 2.59 bits per heavy atom. The van der Waals surface area contributed by atoms with E-state index in [9.17, 15) is 0 Å². The van der Waals surface area contributed by atoms with Crippen LogP contribution in [0.1, 0.15) is 6.42 Å². The summed E-state index contributed by atoms with van der Waals surface area (Å²) in [6.45, 7) is 1.43. The SMILES string of the molecule is Brc1nc(Br)n(CCCOc2ccccc2)n1. The van der Waals surface area contributed by atoms with Gasteiger partial charge in [-0.2, -0.15) is 4.98 Å². The number of aromatic nitrogens is 3. The molecule has 0 spiro atoms. The lowest BCUT2D eigenvalue weighted by Gasteiger charge is -2.05. The van der Waals surface area contributed by atoms with Crippen LogP contribution in [0.2, 0.25) is 0 Å². The molecule has 1 aromatic carbocycles. The van der Waals surface area contributed by atoms with E-state index < -0.39 is 0 Å². The maximum absolute atomic E-state index is 5.59. The molecule has 1 heterocycles. The third-order valence-electron chi connectivity index (χ3n) is 2.13. The third-order valence-corrected chi connectivity index (χ3v) is 3.05. The lowest BCUT2D eigenvalue weighted by molar-refractivity contribution is 0.298. The number of halogens is 2. The Kier molecular flexibility index (Phi) is 4.56. The molecule has 0 aliphatic rings. The first-order valence-corrected chi connectivity index (χ1v) is 6.78. The smallest absolute Gasteiger partial charge is 0.218 e. The lowest BCUT2D eigenvalue weighted by atomic mass is 10.3. The Balaban J connectivity index is 1.75. The zero-order valence-corrected chi connectivity index (χ0v) is 12.2. The molecule has 17 heavy (non-hydrogen) atoms. The number of hydrogen-bond acceptors (Lipinski definition) is 3. The molecular formula is C11H11Br2N3O. The van der Waals surface area contributed by atoms with Crippen LogP contribution < -0.4 is 4.74 Å². The average Bonchev–Trinajstić information content (AvgIpc) is 2.65. The summed E-state index contributed by atoms with van der Waals surface area (Å²) in [5.41, 5.74) is 0. The topological polar surface area (TPSA) is 39.9 Å². The van der Waals surface area contributed by atoms with Gasteiger partial charge >= 0.3 is 0 Å². The van der Waals surface area contributed by atoms with Crippen molar-refractivity contribution in [3.8, 4) is 5.75 Å². The summed E-state index contributed by atoms with van der Waals surface area (Å²) < 4.78 is 8.69. The molecule has 0 N–H and O–H groups in total. The molecule has 2 aromatic rings. The van der Waals surface area contributed by atoms with Crippen LogP contribution in [0.3, 0.4) is 0 Å². The molecule has 0 aliphatic carbocycles. The van der Waals surface area contributed by atoms with Gasteiger partial charge in [-0.1, -0.05) is 18.2 Å². The van der Waals surface area contributed by atoms with Gasteiger partial charge in [0.25, 0.3) is 0 Å². The zero-order valence-electron chi connectivity index (χ0n) is 9.01. The van der Waals surface area contributed by atoms with Crippen molar-refractivity contribution in [2.75, 3.05) is 6.61 Å². The minimum Gasteiger partial charge on any atom is -0.494 e. The van der Waals surface area contributed by atoms with E-state index in [2.05, 4.69) is 41.9 Å². The summed E-state index contributed by atoms with van der Waals surface area (Å²) >= 11 is 6.56. The molecule has 4 nitrogen and oxygen atoms in total. The van der Waals surface area contributed by atoms with Crippen molar-refractivity contribution < 1.29 is 4.74 Å². The van der Waals surface area contributed by atoms with Crippen LogP contribution in [-0.2, 0) is 6.54 Å². The Morgan fingerprint density at radius 2 is 1.94 bits per heavy atom. The van der Waals surface area contributed by atoms with Crippen molar-refractivity contribution in [3.05, 3.63) is 39.8 Å². The molecule has 0 saturated heterocycles. The van der Waals surface area contributed by atoms with Crippen LogP contribution in [0.5, 0.6) is 5.75 Å². The highest BCUT2D eigenvalue weighted by molar-refractivity contribution is 9.11. The van der Waals surface area contributed by atoms with Crippen molar-refractivity contribution in [2.45, 2.75) is 13.0 Å². The van der Waals surface area contributed by atoms with Crippen molar-refractivity contribution in [2.24, 2.45) is 0 Å². The molecule has 0 unspecified atom stereocenters. The van der Waals surface area contributed by atoms with E-state index >= 15 is 0 Å². The highest BCUT2D eigenvalue weighted by Crippen LogP contribution is 2.12. The first-order valence-electron chi connectivity index (χ1n) is 5.19. The fourth-order valence-electron chi connectivity index (χ4n) is 1.36. The fraction of sp³-hybridized carbons (Fsp3) is 0.273. The van der Waals surface area contributed by atoms with E-state index in [1.54, 1.807) is 4.68 Å². The molecule has 90 valence electrons. The molecule has 0 atom stereocenters. The number of nitrogens with zero attached hydrogens (tertiary/aromatic N) is 3. The molecule has 0 bridgehead atoms. The van der Waals surface area contributed by atoms with E-state index in [0.717, 1.165) is 23.4 Å². The molecule has 0 fully saturated rings. The van der Waals surface area contributed by atoms with Gasteiger partial charge in [-0.05, 0) is 44.0 Å². The van der Waals surface area contributed by atoms with Crippen molar-refractivity contribution in [1.29, 1.82) is 0 Å². The van der Waals surface area contributed by atoms with E-state index in [-0.39, 0.29) is 0 Å². The third kappa shape index (κ3) is 3.81. The van der Waals surface area contributed by atoms with Crippen molar-refractivity contribution in [1.82, 2.24) is 14.8 Å². The van der Waals surface area contributed by atoms with Gasteiger partial charge in [-0.3, -0.25) is 0 Å². The summed E-state index contributed by atoms with van der Waals surface area (Å²) in [7, 11) is 0. The maximum Gasteiger partial charge on any atom is 0.218 e. The molecular weight excluding hydrogens is 350 g/mol. The number of hydrogen-bond donors (Lipinski definition) is 0. The van der Waals surface area contributed by atoms with Crippen LogP contribution in [0.15, 0.2) is 39.8 Å². The molecule has 0 saturated carbocycles. The standard InChI is InChI=1S/C11H11Br2N3O/c12-10-14-11(13)16(15-10)7-4-8-17-9-5-2-1-3-6-9/h1-3,5-6H,4,7-8H2. The van der Waals surface area contributed by atoms with Crippen molar-refractivity contribution >= 4 is 31.9 Å². The van der Waals surface area contributed by atoms with Gasteiger partial charge in [0.1, 0.15) is 5.75 Å². The number of para-hydroxylation sites is 1. The van der Waals surface area contributed by atoms with Crippen LogP contribution in [0.4, 0.5) is 0 Å². The summed E-state index contributed by atoms with van der Waals surface area (Å²) in [5, 5.41) is 4.17. The quantitative estimate of drug-likeness (QED) is 0.768. The second-order valence-electron chi connectivity index (χ2n) is 3.39. The van der Waals surface area contributed by atoms with E-state index in [4.69, 9.17) is 4.74 Å². The zero-order chi connectivity index (χ0) is 12.1. The summed E-state index contributed by atoms with van der Waals surface area (Å²) in [5.74, 6) is 0.895. The predicted molar refractivity (Wildman–Crippen MR) is 72.0 cm³/mol. The minimum absolute atomic E-state index is 0.591. The van der Waals surface area contributed by atoms with Crippen molar-refractivity contribution in [3.63, 3.8) is 0 Å². The average molecular weight is 361 g/mol. The van der Waals surface area contributed by atoms with Gasteiger partial charge in [0.05, 0.1) is 6.61 Å². The van der Waals surface area contributed by atoms with Gasteiger partial charge in [-0.15, -0.1) is 5.10 Å². The van der Waals surface area contributed by atoms with Crippen LogP contribution >= 0.6 is 31.9 Å². The van der Waals surface area contributed by atoms with E-state index in [1.165, 1.54) is 0 Å². The first kappa shape index (κ1) is 12.6. The first-order chi connectivity index (χ1) is 8.25. The van der Waals surface area contributed by atoms with Crippen LogP contribution in [-0.4, -0.2) is 21.4 Å². The largest absolute Gasteiger partial charge is 0.494 e. The number of aryl methyl sites for hydroxylation is 1. The Hall–Kier alpha value is -0.880. The highest BCUT2D eigenvalue weighted by atomic mass is 79.9. The van der Waals surface area contributed by atoms with Crippen LogP contribution in [0.25, 0.3) is 0 Å².